The van der Waals surface area contributed by atoms with Gasteiger partial charge in [0.1, 0.15) is 6.61 Å². The maximum Gasteiger partial charge on any atom is 0.338 e. The quantitative estimate of drug-likeness (QED) is 0.757. The van der Waals surface area contributed by atoms with Gasteiger partial charge in [-0.3, -0.25) is 13.9 Å². The lowest BCUT2D eigenvalue weighted by Crippen LogP contribution is -2.38. The van der Waals surface area contributed by atoms with Crippen LogP contribution in [0, 0.1) is 0 Å². The highest BCUT2D eigenvalue weighted by Gasteiger charge is 2.18. The van der Waals surface area contributed by atoms with Gasteiger partial charge in [0.2, 0.25) is 0 Å². The fourth-order valence-corrected chi connectivity index (χ4v) is 5.33. The molecule has 132 valence electrons. The molecule has 2 heterocycles. The molecule has 0 radical (unpaired) electrons. The van der Waals surface area contributed by atoms with E-state index in [0.717, 1.165) is 16.1 Å². The molecule has 0 unspecified atom stereocenters. The molecule has 0 aliphatic carbocycles. The van der Waals surface area contributed by atoms with E-state index in [1.54, 1.807) is 12.1 Å². The van der Waals surface area contributed by atoms with Gasteiger partial charge in [0.15, 0.2) is 0 Å². The van der Waals surface area contributed by atoms with Gasteiger partial charge in [-0.2, -0.15) is 0 Å². The van der Waals surface area contributed by atoms with Crippen LogP contribution < -0.4 is 11.2 Å². The summed E-state index contributed by atoms with van der Waals surface area (Å²) in [5.74, 6) is 1.81. The first-order chi connectivity index (χ1) is 12.0. The molecule has 1 aromatic heterocycles. The predicted molar refractivity (Wildman–Crippen MR) is 100 cm³/mol. The number of hydrogen-bond donors (Lipinski definition) is 0. The van der Waals surface area contributed by atoms with Gasteiger partial charge >= 0.3 is 11.7 Å². The second-order valence-electron chi connectivity index (χ2n) is 5.65. The molecule has 0 amide bonds. The Labute approximate surface area is 153 Å². The molecule has 1 aliphatic heterocycles. The maximum absolute atomic E-state index is 12.2. The molecule has 0 N–H and O–H groups in total. The van der Waals surface area contributed by atoms with Crippen molar-refractivity contribution in [3.05, 3.63) is 68.0 Å². The smallest absolute Gasteiger partial charge is 0.338 e. The summed E-state index contributed by atoms with van der Waals surface area (Å²) in [5.41, 5.74) is 1.12. The zero-order chi connectivity index (χ0) is 18.0. The number of rotatable bonds is 4. The van der Waals surface area contributed by atoms with Crippen LogP contribution in [0.2, 0.25) is 0 Å². The van der Waals surface area contributed by atoms with E-state index in [9.17, 15) is 14.4 Å². The van der Waals surface area contributed by atoms with Gasteiger partial charge in [0, 0.05) is 31.7 Å². The first-order valence-corrected chi connectivity index (χ1v) is 9.83. The highest BCUT2D eigenvalue weighted by atomic mass is 32.2. The number of benzene rings is 1. The lowest BCUT2D eigenvalue weighted by Gasteiger charge is -2.11. The van der Waals surface area contributed by atoms with E-state index < -0.39 is 17.2 Å². The minimum absolute atomic E-state index is 0.128. The van der Waals surface area contributed by atoms with E-state index in [2.05, 4.69) is 0 Å². The van der Waals surface area contributed by atoms with Crippen molar-refractivity contribution in [1.29, 1.82) is 0 Å². The Morgan fingerprint density at radius 1 is 1.12 bits per heavy atom. The van der Waals surface area contributed by atoms with E-state index in [-0.39, 0.29) is 6.61 Å². The Kier molecular flexibility index (Phi) is 5.39. The number of hydrogen-bond acceptors (Lipinski definition) is 6. The van der Waals surface area contributed by atoms with Crippen LogP contribution in [0.25, 0.3) is 0 Å². The molecule has 1 fully saturated rings. The Morgan fingerprint density at radius 2 is 1.76 bits per heavy atom. The van der Waals surface area contributed by atoms with Gasteiger partial charge in [0.05, 0.1) is 15.8 Å². The third-order valence-electron chi connectivity index (χ3n) is 4.02. The molecule has 0 bridgehead atoms. The van der Waals surface area contributed by atoms with Crippen LogP contribution >= 0.6 is 23.5 Å². The Bertz CT molecular complexity index is 896. The number of thioether (sulfide) groups is 2. The number of aromatic nitrogens is 2. The van der Waals surface area contributed by atoms with Crippen LogP contribution in [0.4, 0.5) is 0 Å². The molecule has 1 aromatic carbocycles. The van der Waals surface area contributed by atoms with Crippen LogP contribution in [0.15, 0.2) is 39.9 Å². The number of nitrogens with zero attached hydrogens (tertiary/aromatic N) is 2. The first kappa shape index (κ1) is 17.9. The molecule has 1 aliphatic rings. The topological polar surface area (TPSA) is 70.3 Å². The lowest BCUT2D eigenvalue weighted by molar-refractivity contribution is 0.0462. The zero-order valence-electron chi connectivity index (χ0n) is 13.9. The van der Waals surface area contributed by atoms with E-state index in [1.807, 2.05) is 35.7 Å². The SMILES string of the molecule is Cn1c(COC(=O)c2ccc(C3SCCS3)cc2)cc(=O)n(C)c1=O. The van der Waals surface area contributed by atoms with Crippen LogP contribution in [-0.2, 0) is 25.4 Å². The van der Waals surface area contributed by atoms with Crippen molar-refractivity contribution >= 4 is 29.5 Å². The first-order valence-electron chi connectivity index (χ1n) is 7.73. The average Bonchev–Trinajstić information content (AvgIpc) is 3.16. The van der Waals surface area contributed by atoms with Gasteiger partial charge in [-0.1, -0.05) is 12.1 Å². The van der Waals surface area contributed by atoms with Crippen molar-refractivity contribution in [2.24, 2.45) is 14.1 Å². The third kappa shape index (κ3) is 3.85. The van der Waals surface area contributed by atoms with Crippen molar-refractivity contribution in [2.75, 3.05) is 11.5 Å². The number of ether oxygens (including phenoxy) is 1. The summed E-state index contributed by atoms with van der Waals surface area (Å²) in [7, 11) is 2.94. The summed E-state index contributed by atoms with van der Waals surface area (Å²) in [5, 5.41) is 0. The molecule has 1 saturated heterocycles. The molecule has 3 rings (SSSR count). The largest absolute Gasteiger partial charge is 0.456 e. The molecule has 0 atom stereocenters. The lowest BCUT2D eigenvalue weighted by atomic mass is 10.1. The predicted octanol–water partition coefficient (Wildman–Crippen LogP) is 1.92. The number of esters is 1. The summed E-state index contributed by atoms with van der Waals surface area (Å²) in [6.07, 6.45) is 0. The summed E-state index contributed by atoms with van der Waals surface area (Å²) in [6.45, 7) is -0.128. The van der Waals surface area contributed by atoms with Crippen LogP contribution in [0.3, 0.4) is 0 Å². The van der Waals surface area contributed by atoms with Crippen LogP contribution in [0.5, 0.6) is 0 Å². The molecule has 6 nitrogen and oxygen atoms in total. The molecular weight excluding hydrogens is 360 g/mol. The highest BCUT2D eigenvalue weighted by molar-refractivity contribution is 8.19. The molecule has 2 aromatic rings. The standard InChI is InChI=1S/C17H18N2O4S2/c1-18-13(9-14(20)19(2)17(18)22)10-23-15(21)11-3-5-12(6-4-11)16-24-7-8-25-16/h3-6,9,16H,7-8,10H2,1-2H3. The molecular formula is C17H18N2O4S2. The monoisotopic (exact) mass is 378 g/mol. The Hall–Kier alpha value is -1.93. The second kappa shape index (κ2) is 7.53. The minimum Gasteiger partial charge on any atom is -0.456 e. The van der Waals surface area contributed by atoms with Crippen LogP contribution in [0.1, 0.15) is 26.2 Å². The van der Waals surface area contributed by atoms with Gasteiger partial charge in [0.25, 0.3) is 5.56 Å². The van der Waals surface area contributed by atoms with Gasteiger partial charge < -0.3 is 4.74 Å². The normalized spacial score (nSPS) is 14.6. The summed E-state index contributed by atoms with van der Waals surface area (Å²) in [4.78, 5) is 35.8. The van der Waals surface area contributed by atoms with Crippen molar-refractivity contribution < 1.29 is 9.53 Å². The van der Waals surface area contributed by atoms with E-state index in [4.69, 9.17) is 4.74 Å². The highest BCUT2D eigenvalue weighted by Crippen LogP contribution is 2.45. The van der Waals surface area contributed by atoms with Crippen molar-refractivity contribution in [3.63, 3.8) is 0 Å². The third-order valence-corrected chi connectivity index (χ3v) is 7.12. The maximum atomic E-state index is 12.2. The Morgan fingerprint density at radius 3 is 2.40 bits per heavy atom. The van der Waals surface area contributed by atoms with Crippen molar-refractivity contribution in [2.45, 2.75) is 11.2 Å². The van der Waals surface area contributed by atoms with Gasteiger partial charge in [-0.15, -0.1) is 23.5 Å². The van der Waals surface area contributed by atoms with Crippen LogP contribution in [-0.4, -0.2) is 26.6 Å². The van der Waals surface area contributed by atoms with E-state index >= 15 is 0 Å². The van der Waals surface area contributed by atoms with Gasteiger partial charge in [-0.25, -0.2) is 9.59 Å². The molecule has 0 saturated carbocycles. The molecule has 8 heteroatoms. The summed E-state index contributed by atoms with van der Waals surface area (Å²) >= 11 is 3.81. The molecule has 25 heavy (non-hydrogen) atoms. The second-order valence-corrected chi connectivity index (χ2v) is 8.37. The van der Waals surface area contributed by atoms with Crippen molar-refractivity contribution in [3.8, 4) is 0 Å². The van der Waals surface area contributed by atoms with Gasteiger partial charge in [-0.05, 0) is 17.7 Å². The van der Waals surface area contributed by atoms with E-state index in [0.29, 0.717) is 15.8 Å². The summed E-state index contributed by atoms with van der Waals surface area (Å²) in [6, 6.07) is 8.69. The van der Waals surface area contributed by atoms with Crippen molar-refractivity contribution in [1.82, 2.24) is 9.13 Å². The summed E-state index contributed by atoms with van der Waals surface area (Å²) < 4.78 is 7.98. The minimum atomic E-state index is -0.480. The zero-order valence-corrected chi connectivity index (χ0v) is 15.6. The van der Waals surface area contributed by atoms with E-state index in [1.165, 1.54) is 30.3 Å². The number of carbonyl (C=O) groups is 1. The Balaban J connectivity index is 1.69. The average molecular weight is 378 g/mol. The molecule has 0 spiro atoms. The fraction of sp³-hybridized carbons (Fsp3) is 0.353. The number of carbonyl (C=O) groups excluding carboxylic acids is 1. The fourth-order valence-electron chi connectivity index (χ4n) is 2.47.